The molecule has 2 aliphatic rings. The van der Waals surface area contributed by atoms with E-state index in [-0.39, 0.29) is 6.71 Å². The third-order valence-corrected chi connectivity index (χ3v) is 10.0. The van der Waals surface area contributed by atoms with Gasteiger partial charge in [-0.1, -0.05) is 108 Å². The first-order chi connectivity index (χ1) is 23.6. The quantitative estimate of drug-likeness (QED) is 0.185. The van der Waals surface area contributed by atoms with Gasteiger partial charge >= 0.3 is 0 Å². The summed E-state index contributed by atoms with van der Waals surface area (Å²) in [5, 5.41) is 2.49. The molecule has 1 aromatic heterocycles. The largest absolute Gasteiger partial charge is 0.458 e. The molecule has 7 aromatic carbocycles. The van der Waals surface area contributed by atoms with E-state index in [9.17, 15) is 0 Å². The molecule has 0 amide bonds. The molecule has 10 rings (SSSR count). The third kappa shape index (κ3) is 4.09. The Labute approximate surface area is 279 Å². The van der Waals surface area contributed by atoms with Gasteiger partial charge in [0.2, 0.25) is 0 Å². The average Bonchev–Trinajstić information content (AvgIpc) is 3.44. The standard InChI is InChI=1S/C44H30BNO2/c1-27-13-19-38-34(21-27)35-22-28(2)14-20-39(35)46(38)33-25-42-44-43(26-33)48-41-24-32(30-11-7-4-8-12-30)16-18-37(41)45(44)36-17-15-31(23-40(36)47-42)29-9-5-3-6-10-29/h3-26H,1-2H3. The second-order valence-corrected chi connectivity index (χ2v) is 13.1. The van der Waals surface area contributed by atoms with E-state index in [1.165, 1.54) is 33.0 Å². The van der Waals surface area contributed by atoms with Gasteiger partial charge in [-0.15, -0.1) is 0 Å². The van der Waals surface area contributed by atoms with E-state index in [0.29, 0.717) is 0 Å². The number of nitrogens with zero attached hydrogens (tertiary/aromatic N) is 1. The molecule has 0 saturated carbocycles. The molecule has 48 heavy (non-hydrogen) atoms. The number of hydrogen-bond acceptors (Lipinski definition) is 2. The molecule has 0 N–H and O–H groups in total. The first-order valence-electron chi connectivity index (χ1n) is 16.5. The molecule has 226 valence electrons. The fourth-order valence-electron chi connectivity index (χ4n) is 7.76. The van der Waals surface area contributed by atoms with Gasteiger partial charge < -0.3 is 14.0 Å². The van der Waals surface area contributed by atoms with Crippen LogP contribution in [0.15, 0.2) is 146 Å². The zero-order chi connectivity index (χ0) is 31.9. The van der Waals surface area contributed by atoms with Gasteiger partial charge in [0, 0.05) is 28.4 Å². The fourth-order valence-corrected chi connectivity index (χ4v) is 7.76. The molecule has 4 heteroatoms. The van der Waals surface area contributed by atoms with Crippen molar-refractivity contribution in [2.45, 2.75) is 13.8 Å². The highest BCUT2D eigenvalue weighted by atomic mass is 16.5. The molecule has 0 fully saturated rings. The Balaban J connectivity index is 1.22. The predicted molar refractivity (Wildman–Crippen MR) is 199 cm³/mol. The van der Waals surface area contributed by atoms with Crippen LogP contribution in [-0.2, 0) is 0 Å². The van der Waals surface area contributed by atoms with Crippen LogP contribution in [-0.4, -0.2) is 11.3 Å². The summed E-state index contributed by atoms with van der Waals surface area (Å²) < 4.78 is 16.2. The molecule has 0 aliphatic carbocycles. The molecule has 8 aromatic rings. The van der Waals surface area contributed by atoms with Gasteiger partial charge in [-0.2, -0.15) is 0 Å². The summed E-state index contributed by atoms with van der Waals surface area (Å²) in [7, 11) is 0. The van der Waals surface area contributed by atoms with Crippen LogP contribution in [0.3, 0.4) is 0 Å². The summed E-state index contributed by atoms with van der Waals surface area (Å²) in [4.78, 5) is 0. The maximum absolute atomic E-state index is 6.90. The van der Waals surface area contributed by atoms with Crippen LogP contribution in [0.2, 0.25) is 0 Å². The Morgan fingerprint density at radius 2 is 0.917 bits per heavy atom. The van der Waals surface area contributed by atoms with Crippen molar-refractivity contribution < 1.29 is 9.47 Å². The smallest absolute Gasteiger partial charge is 0.260 e. The molecule has 0 atom stereocenters. The van der Waals surface area contributed by atoms with E-state index in [1.807, 2.05) is 0 Å². The van der Waals surface area contributed by atoms with Crippen LogP contribution >= 0.6 is 0 Å². The lowest BCUT2D eigenvalue weighted by Crippen LogP contribution is -2.57. The van der Waals surface area contributed by atoms with Gasteiger partial charge in [0.25, 0.3) is 6.71 Å². The normalized spacial score (nSPS) is 12.7. The zero-order valence-electron chi connectivity index (χ0n) is 26.7. The Morgan fingerprint density at radius 1 is 0.438 bits per heavy atom. The minimum absolute atomic E-state index is 0.0188. The van der Waals surface area contributed by atoms with Crippen LogP contribution in [0.4, 0.5) is 0 Å². The molecule has 0 unspecified atom stereocenters. The average molecular weight is 616 g/mol. The number of aryl methyl sites for hydroxylation is 2. The summed E-state index contributed by atoms with van der Waals surface area (Å²) in [6.07, 6.45) is 0. The van der Waals surface area contributed by atoms with E-state index >= 15 is 0 Å². The highest BCUT2D eigenvalue weighted by Crippen LogP contribution is 2.41. The lowest BCUT2D eigenvalue weighted by Gasteiger charge is -2.34. The van der Waals surface area contributed by atoms with Gasteiger partial charge in [0.1, 0.15) is 23.0 Å². The van der Waals surface area contributed by atoms with Crippen molar-refractivity contribution in [3.63, 3.8) is 0 Å². The molecule has 0 radical (unpaired) electrons. The van der Waals surface area contributed by atoms with Gasteiger partial charge in [-0.25, -0.2) is 0 Å². The molecular weight excluding hydrogens is 585 g/mol. The summed E-state index contributed by atoms with van der Waals surface area (Å²) in [6.45, 7) is 4.30. The van der Waals surface area contributed by atoms with E-state index in [2.05, 4.69) is 164 Å². The molecule has 3 nitrogen and oxygen atoms in total. The molecule has 0 spiro atoms. The highest BCUT2D eigenvalue weighted by molar-refractivity contribution is 6.98. The maximum atomic E-state index is 6.90. The van der Waals surface area contributed by atoms with Crippen LogP contribution < -0.4 is 25.9 Å². The summed E-state index contributed by atoms with van der Waals surface area (Å²) in [5.41, 5.74) is 13.8. The Morgan fingerprint density at radius 3 is 1.40 bits per heavy atom. The Kier molecular flexibility index (Phi) is 5.80. The van der Waals surface area contributed by atoms with Crippen molar-refractivity contribution in [1.82, 2.24) is 4.57 Å². The topological polar surface area (TPSA) is 23.4 Å². The second-order valence-electron chi connectivity index (χ2n) is 13.1. The zero-order valence-corrected chi connectivity index (χ0v) is 26.7. The summed E-state index contributed by atoms with van der Waals surface area (Å²) >= 11 is 0. The van der Waals surface area contributed by atoms with Gasteiger partial charge in [-0.05, 0) is 83.4 Å². The van der Waals surface area contributed by atoms with Crippen LogP contribution in [0.25, 0.3) is 49.7 Å². The van der Waals surface area contributed by atoms with Crippen LogP contribution in [0, 0.1) is 13.8 Å². The molecule has 0 bridgehead atoms. The van der Waals surface area contributed by atoms with Crippen molar-refractivity contribution in [3.05, 3.63) is 157 Å². The molecule has 3 heterocycles. The van der Waals surface area contributed by atoms with Crippen molar-refractivity contribution in [3.8, 4) is 50.9 Å². The number of benzene rings is 7. The molecule has 2 aliphatic heterocycles. The summed E-state index contributed by atoms with van der Waals surface area (Å²) in [6, 6.07) is 52.2. The van der Waals surface area contributed by atoms with E-state index in [4.69, 9.17) is 9.47 Å². The molecule has 0 saturated heterocycles. The lowest BCUT2D eigenvalue weighted by molar-refractivity contribution is 0.464. The number of hydrogen-bond donors (Lipinski definition) is 0. The number of rotatable bonds is 3. The van der Waals surface area contributed by atoms with Gasteiger partial charge in [0.05, 0.1) is 16.7 Å². The van der Waals surface area contributed by atoms with Gasteiger partial charge in [0.15, 0.2) is 0 Å². The SMILES string of the molecule is Cc1ccc2c(c1)c1cc(C)ccc1n2-c1cc2c3c(c1)Oc1cc(-c4ccccc4)ccc1B3c1ccc(-c3ccccc3)cc1O2. The highest BCUT2D eigenvalue weighted by Gasteiger charge is 2.41. The second kappa shape index (κ2) is 10.3. The minimum atomic E-state index is -0.0188. The number of aromatic nitrogens is 1. The minimum Gasteiger partial charge on any atom is -0.458 e. The van der Waals surface area contributed by atoms with Crippen molar-refractivity contribution in [1.29, 1.82) is 0 Å². The number of ether oxygens (including phenoxy) is 2. The first kappa shape index (κ1) is 27.1. The van der Waals surface area contributed by atoms with E-state index < -0.39 is 0 Å². The van der Waals surface area contributed by atoms with Crippen LogP contribution in [0.1, 0.15) is 11.1 Å². The predicted octanol–water partition coefficient (Wildman–Crippen LogP) is 9.46. The maximum Gasteiger partial charge on any atom is 0.260 e. The Hall–Kier alpha value is -6.00. The number of fused-ring (bicyclic) bond motifs is 7. The van der Waals surface area contributed by atoms with Crippen molar-refractivity contribution >= 4 is 44.9 Å². The monoisotopic (exact) mass is 615 g/mol. The van der Waals surface area contributed by atoms with Gasteiger partial charge in [-0.3, -0.25) is 0 Å². The first-order valence-corrected chi connectivity index (χ1v) is 16.5. The van der Waals surface area contributed by atoms with E-state index in [1.54, 1.807) is 0 Å². The molecular formula is C44H30BNO2. The van der Waals surface area contributed by atoms with Crippen molar-refractivity contribution in [2.24, 2.45) is 0 Å². The van der Waals surface area contributed by atoms with Crippen LogP contribution in [0.5, 0.6) is 23.0 Å². The third-order valence-electron chi connectivity index (χ3n) is 10.0. The fraction of sp³-hybridized carbons (Fsp3) is 0.0455. The lowest BCUT2D eigenvalue weighted by atomic mass is 9.34. The van der Waals surface area contributed by atoms with E-state index in [0.717, 1.165) is 67.2 Å². The summed E-state index contributed by atoms with van der Waals surface area (Å²) in [5.74, 6) is 3.42. The Bertz CT molecular complexity index is 2410. The van der Waals surface area contributed by atoms with Crippen molar-refractivity contribution in [2.75, 3.05) is 0 Å².